The molecule has 5 aromatic rings. The molecule has 1 atom stereocenters. The Morgan fingerprint density at radius 2 is 1.89 bits per heavy atom. The van der Waals surface area contributed by atoms with Gasteiger partial charge in [-0.2, -0.15) is 4.68 Å². The van der Waals surface area contributed by atoms with E-state index in [4.69, 9.17) is 10.1 Å². The van der Waals surface area contributed by atoms with Gasteiger partial charge in [0.15, 0.2) is 0 Å². The van der Waals surface area contributed by atoms with Crippen molar-refractivity contribution in [2.24, 2.45) is 0 Å². The van der Waals surface area contributed by atoms with Crippen LogP contribution in [-0.2, 0) is 6.42 Å². The number of aromatic amines is 1. The zero-order valence-electron chi connectivity index (χ0n) is 20.7. The summed E-state index contributed by atoms with van der Waals surface area (Å²) < 4.78 is 3.41. The van der Waals surface area contributed by atoms with Crippen LogP contribution in [-0.4, -0.2) is 45.9 Å². The Kier molecular flexibility index (Phi) is 5.60. The molecule has 0 unspecified atom stereocenters. The van der Waals surface area contributed by atoms with Gasteiger partial charge in [-0.1, -0.05) is 23.8 Å². The SMILES string of the molecule is Cc1ccc(-n2cnnn2)c(-c2cc3n(c(=O)c2)[C@H](c2nc(-c4ccc(NC(=O)O)cc4)c(C)[nH]2)CC3)c1. The number of hydrogen-bond acceptors (Lipinski definition) is 6. The van der Waals surface area contributed by atoms with Gasteiger partial charge in [0, 0.05) is 34.3 Å². The first kappa shape index (κ1) is 23.3. The number of tetrazole rings is 1. The van der Waals surface area contributed by atoms with Gasteiger partial charge in [-0.25, -0.2) is 9.78 Å². The molecule has 1 amide bonds. The number of anilines is 1. The number of imidazole rings is 1. The quantitative estimate of drug-likeness (QED) is 0.324. The molecule has 1 aliphatic rings. The smallest absolute Gasteiger partial charge is 0.409 e. The summed E-state index contributed by atoms with van der Waals surface area (Å²) in [6.45, 7) is 3.95. The van der Waals surface area contributed by atoms with Crippen LogP contribution < -0.4 is 10.9 Å². The van der Waals surface area contributed by atoms with E-state index in [0.29, 0.717) is 5.69 Å². The summed E-state index contributed by atoms with van der Waals surface area (Å²) in [4.78, 5) is 32.6. The third-order valence-corrected chi connectivity index (χ3v) is 6.82. The minimum absolute atomic E-state index is 0.0936. The number of fused-ring (bicyclic) bond motifs is 1. The minimum Gasteiger partial charge on any atom is -0.465 e. The van der Waals surface area contributed by atoms with Gasteiger partial charge in [0.1, 0.15) is 12.2 Å². The maximum Gasteiger partial charge on any atom is 0.409 e. The summed E-state index contributed by atoms with van der Waals surface area (Å²) in [6.07, 6.45) is 1.92. The van der Waals surface area contributed by atoms with E-state index in [1.165, 1.54) is 6.33 Å². The number of nitrogens with zero attached hydrogens (tertiary/aromatic N) is 6. The number of hydrogen-bond donors (Lipinski definition) is 3. The average molecular weight is 509 g/mol. The van der Waals surface area contributed by atoms with Crippen molar-refractivity contribution >= 4 is 11.8 Å². The molecule has 0 fully saturated rings. The lowest BCUT2D eigenvalue weighted by Gasteiger charge is -2.15. The number of H-pyrrole nitrogens is 1. The van der Waals surface area contributed by atoms with Crippen molar-refractivity contribution < 1.29 is 9.90 Å². The average Bonchev–Trinajstić information content (AvgIpc) is 3.64. The fourth-order valence-corrected chi connectivity index (χ4v) is 5.12. The Morgan fingerprint density at radius 1 is 1.08 bits per heavy atom. The topological polar surface area (TPSA) is 144 Å². The highest BCUT2D eigenvalue weighted by Gasteiger charge is 2.29. The molecule has 0 spiro atoms. The lowest BCUT2D eigenvalue weighted by molar-refractivity contribution is 0.209. The highest BCUT2D eigenvalue weighted by molar-refractivity contribution is 5.83. The second-order valence-corrected chi connectivity index (χ2v) is 9.38. The zero-order chi connectivity index (χ0) is 26.4. The first-order chi connectivity index (χ1) is 18.4. The Labute approximate surface area is 216 Å². The van der Waals surface area contributed by atoms with E-state index in [-0.39, 0.29) is 11.6 Å². The van der Waals surface area contributed by atoms with Crippen LogP contribution in [0.2, 0.25) is 0 Å². The van der Waals surface area contributed by atoms with Crippen molar-refractivity contribution in [2.45, 2.75) is 32.7 Å². The molecule has 11 nitrogen and oxygen atoms in total. The first-order valence-corrected chi connectivity index (χ1v) is 12.1. The molecule has 0 radical (unpaired) electrons. The van der Waals surface area contributed by atoms with E-state index in [1.54, 1.807) is 22.9 Å². The summed E-state index contributed by atoms with van der Waals surface area (Å²) in [6, 6.07) is 16.5. The van der Waals surface area contributed by atoms with Crippen molar-refractivity contribution in [3.63, 3.8) is 0 Å². The van der Waals surface area contributed by atoms with Gasteiger partial charge in [0.05, 0.1) is 17.4 Å². The predicted octanol–water partition coefficient (Wildman–Crippen LogP) is 4.12. The zero-order valence-corrected chi connectivity index (χ0v) is 20.7. The van der Waals surface area contributed by atoms with Crippen LogP contribution in [0.4, 0.5) is 10.5 Å². The molecule has 1 aliphatic heterocycles. The highest BCUT2D eigenvalue weighted by atomic mass is 16.4. The van der Waals surface area contributed by atoms with Crippen LogP contribution in [0.5, 0.6) is 0 Å². The van der Waals surface area contributed by atoms with Crippen LogP contribution in [0, 0.1) is 13.8 Å². The Bertz CT molecular complexity index is 1720. The molecule has 0 bridgehead atoms. The fourth-order valence-electron chi connectivity index (χ4n) is 5.12. The number of carboxylic acid groups (broad SMARTS) is 1. The maximum absolute atomic E-state index is 13.5. The molecule has 38 heavy (non-hydrogen) atoms. The summed E-state index contributed by atoms with van der Waals surface area (Å²) >= 11 is 0. The maximum atomic E-state index is 13.5. The molecule has 3 N–H and O–H groups in total. The molecule has 4 heterocycles. The van der Waals surface area contributed by atoms with Gasteiger partial charge >= 0.3 is 6.09 Å². The lowest BCUT2D eigenvalue weighted by atomic mass is 10.0. The third-order valence-electron chi connectivity index (χ3n) is 6.82. The number of aryl methyl sites for hydroxylation is 3. The molecule has 0 saturated heterocycles. The molecule has 0 aliphatic carbocycles. The number of aromatic nitrogens is 7. The second-order valence-electron chi connectivity index (χ2n) is 9.38. The van der Waals surface area contributed by atoms with Crippen LogP contribution in [0.1, 0.15) is 35.2 Å². The summed E-state index contributed by atoms with van der Waals surface area (Å²) in [5.41, 5.74) is 7.42. The Hall–Kier alpha value is -5.06. The van der Waals surface area contributed by atoms with E-state index in [1.807, 2.05) is 48.7 Å². The minimum atomic E-state index is -1.11. The largest absolute Gasteiger partial charge is 0.465 e. The number of benzene rings is 2. The van der Waals surface area contributed by atoms with Crippen molar-refractivity contribution in [2.75, 3.05) is 5.32 Å². The summed E-state index contributed by atoms with van der Waals surface area (Å²) in [5, 5.41) is 22.8. The van der Waals surface area contributed by atoms with E-state index in [2.05, 4.69) is 31.9 Å². The van der Waals surface area contributed by atoms with E-state index in [0.717, 1.165) is 63.7 Å². The summed E-state index contributed by atoms with van der Waals surface area (Å²) in [7, 11) is 0. The summed E-state index contributed by atoms with van der Waals surface area (Å²) in [5.74, 6) is 0.726. The Balaban J connectivity index is 1.35. The van der Waals surface area contributed by atoms with Crippen LogP contribution in [0.15, 0.2) is 65.7 Å². The lowest BCUT2D eigenvalue weighted by Crippen LogP contribution is -2.24. The van der Waals surface area contributed by atoms with Crippen LogP contribution in [0.25, 0.3) is 28.1 Å². The fraction of sp³-hybridized carbons (Fsp3) is 0.185. The standard InChI is InChI=1S/C27H24N8O3/c1-15-3-9-22(34-14-28-32-33-34)21(11-15)18-12-20-8-10-23(35(20)24(36)13-18)26-29-16(2)25(31-26)17-4-6-19(7-5-17)30-27(37)38/h3-7,9,11-14,23,30H,8,10H2,1-2H3,(H,29,31)(H,37,38)/t23-/m0/s1. The number of amides is 1. The van der Waals surface area contributed by atoms with E-state index >= 15 is 0 Å². The van der Waals surface area contributed by atoms with Gasteiger partial charge in [-0.05, 0) is 73.0 Å². The number of pyridine rings is 1. The van der Waals surface area contributed by atoms with E-state index in [9.17, 15) is 9.59 Å². The second kappa shape index (κ2) is 9.11. The molecule has 3 aromatic heterocycles. The molecular formula is C27H24N8O3. The van der Waals surface area contributed by atoms with Gasteiger partial charge in [0.2, 0.25) is 0 Å². The van der Waals surface area contributed by atoms with Gasteiger partial charge < -0.3 is 14.7 Å². The molecule has 6 rings (SSSR count). The van der Waals surface area contributed by atoms with Crippen molar-refractivity contribution in [1.29, 1.82) is 0 Å². The third kappa shape index (κ3) is 4.13. The number of carbonyl (C=O) groups is 1. The van der Waals surface area contributed by atoms with Gasteiger partial charge in [-0.3, -0.25) is 10.1 Å². The van der Waals surface area contributed by atoms with Gasteiger partial charge in [-0.15, -0.1) is 5.10 Å². The van der Waals surface area contributed by atoms with Crippen molar-refractivity contribution in [3.8, 4) is 28.1 Å². The first-order valence-electron chi connectivity index (χ1n) is 12.1. The van der Waals surface area contributed by atoms with Gasteiger partial charge in [0.25, 0.3) is 5.56 Å². The van der Waals surface area contributed by atoms with E-state index < -0.39 is 6.09 Å². The molecule has 190 valence electrons. The van der Waals surface area contributed by atoms with Crippen molar-refractivity contribution in [3.05, 3.63) is 94.1 Å². The highest BCUT2D eigenvalue weighted by Crippen LogP contribution is 2.34. The Morgan fingerprint density at radius 3 is 2.63 bits per heavy atom. The number of nitrogens with one attached hydrogen (secondary N) is 2. The van der Waals surface area contributed by atoms with Crippen molar-refractivity contribution in [1.82, 2.24) is 34.7 Å². The van der Waals surface area contributed by atoms with Crippen LogP contribution in [0.3, 0.4) is 0 Å². The monoisotopic (exact) mass is 508 g/mol. The normalized spacial score (nSPS) is 14.4. The number of rotatable bonds is 5. The molecule has 11 heteroatoms. The molecule has 2 aromatic carbocycles. The molecule has 0 saturated carbocycles. The predicted molar refractivity (Wildman–Crippen MR) is 140 cm³/mol. The molecular weight excluding hydrogens is 484 g/mol. The van der Waals surface area contributed by atoms with Crippen LogP contribution >= 0.6 is 0 Å².